The van der Waals surface area contributed by atoms with E-state index in [0.29, 0.717) is 11.6 Å². The fourth-order valence-electron chi connectivity index (χ4n) is 2.89. The summed E-state index contributed by atoms with van der Waals surface area (Å²) in [5.41, 5.74) is 6.41. The molecule has 3 nitrogen and oxygen atoms in total. The molecular formula is C15H21F3N2O. The average Bonchev–Trinajstić information content (AvgIpc) is 2.44. The first-order valence-electron chi connectivity index (χ1n) is 7.30. The Morgan fingerprint density at radius 2 is 2.14 bits per heavy atom. The summed E-state index contributed by atoms with van der Waals surface area (Å²) in [5.74, 6) is -0.701. The van der Waals surface area contributed by atoms with E-state index in [4.69, 9.17) is 5.73 Å². The minimum Gasteiger partial charge on any atom is -0.432 e. The van der Waals surface area contributed by atoms with Crippen LogP contribution in [-0.4, -0.2) is 12.7 Å². The molecule has 6 heteroatoms. The van der Waals surface area contributed by atoms with E-state index in [1.165, 1.54) is 12.5 Å². The molecule has 0 aliphatic heterocycles. The van der Waals surface area contributed by atoms with Crippen molar-refractivity contribution in [2.45, 2.75) is 51.7 Å². The lowest BCUT2D eigenvalue weighted by molar-refractivity contribution is -0.0521. The van der Waals surface area contributed by atoms with Crippen molar-refractivity contribution in [3.63, 3.8) is 0 Å². The van der Waals surface area contributed by atoms with Crippen LogP contribution in [0.1, 0.15) is 39.0 Å². The van der Waals surface area contributed by atoms with E-state index in [0.717, 1.165) is 31.7 Å². The zero-order valence-electron chi connectivity index (χ0n) is 12.0. The third-order valence-electron chi connectivity index (χ3n) is 4.04. The lowest BCUT2D eigenvalue weighted by Crippen LogP contribution is -2.27. The van der Waals surface area contributed by atoms with Gasteiger partial charge in [0.2, 0.25) is 0 Å². The number of hydrogen-bond donors (Lipinski definition) is 2. The predicted octanol–water partition coefficient (Wildman–Crippen LogP) is 4.39. The number of rotatable bonds is 5. The standard InChI is InChI=1S/C15H21F3N2O/c1-2-9-4-3-5-10(6-9)20-13-8-14(21-15(17)18)11(16)7-12(13)19/h7-10,15,20H,2-6,19H2,1H3. The Balaban J connectivity index is 2.11. The van der Waals surface area contributed by atoms with Crippen LogP contribution < -0.4 is 15.8 Å². The van der Waals surface area contributed by atoms with Gasteiger partial charge in [-0.05, 0) is 18.8 Å². The number of nitrogens with two attached hydrogens (primary N) is 1. The van der Waals surface area contributed by atoms with Crippen molar-refractivity contribution >= 4 is 11.4 Å². The van der Waals surface area contributed by atoms with Crippen molar-refractivity contribution in [3.05, 3.63) is 17.9 Å². The number of ether oxygens (including phenoxy) is 1. The van der Waals surface area contributed by atoms with Crippen LogP contribution in [0.4, 0.5) is 24.5 Å². The van der Waals surface area contributed by atoms with E-state index in [2.05, 4.69) is 17.0 Å². The molecule has 2 unspecified atom stereocenters. The summed E-state index contributed by atoms with van der Waals surface area (Å²) in [7, 11) is 0. The summed E-state index contributed by atoms with van der Waals surface area (Å²) in [5, 5.41) is 3.24. The topological polar surface area (TPSA) is 47.3 Å². The van der Waals surface area contributed by atoms with Crippen LogP contribution in [0.2, 0.25) is 0 Å². The highest BCUT2D eigenvalue weighted by Crippen LogP contribution is 2.33. The smallest absolute Gasteiger partial charge is 0.387 e. The van der Waals surface area contributed by atoms with Crippen molar-refractivity contribution in [1.82, 2.24) is 0 Å². The van der Waals surface area contributed by atoms with Gasteiger partial charge < -0.3 is 15.8 Å². The fourth-order valence-corrected chi connectivity index (χ4v) is 2.89. The van der Waals surface area contributed by atoms with Gasteiger partial charge in [-0.2, -0.15) is 8.78 Å². The van der Waals surface area contributed by atoms with E-state index in [-0.39, 0.29) is 11.7 Å². The SMILES string of the molecule is CCC1CCCC(Nc2cc(OC(F)F)c(F)cc2N)C1. The second-order valence-corrected chi connectivity index (χ2v) is 5.53. The van der Waals surface area contributed by atoms with E-state index in [9.17, 15) is 13.2 Å². The average molecular weight is 302 g/mol. The van der Waals surface area contributed by atoms with Crippen LogP contribution in [0.3, 0.4) is 0 Å². The Labute approximate surface area is 122 Å². The summed E-state index contributed by atoms with van der Waals surface area (Å²) >= 11 is 0. The number of halogens is 3. The monoisotopic (exact) mass is 302 g/mol. The molecule has 1 aromatic rings. The number of alkyl halides is 2. The largest absolute Gasteiger partial charge is 0.432 e. The van der Waals surface area contributed by atoms with E-state index in [1.807, 2.05) is 0 Å². The number of anilines is 2. The van der Waals surface area contributed by atoms with Gasteiger partial charge in [0.25, 0.3) is 0 Å². The molecule has 1 aromatic carbocycles. The maximum atomic E-state index is 13.5. The van der Waals surface area contributed by atoms with Gasteiger partial charge >= 0.3 is 6.61 Å². The van der Waals surface area contributed by atoms with Gasteiger partial charge in [-0.1, -0.05) is 26.2 Å². The van der Waals surface area contributed by atoms with E-state index in [1.54, 1.807) is 0 Å². The maximum absolute atomic E-state index is 13.5. The van der Waals surface area contributed by atoms with Crippen molar-refractivity contribution in [1.29, 1.82) is 0 Å². The molecule has 0 spiro atoms. The molecule has 3 N–H and O–H groups in total. The van der Waals surface area contributed by atoms with Crippen LogP contribution in [-0.2, 0) is 0 Å². The summed E-state index contributed by atoms with van der Waals surface area (Å²) in [6, 6.07) is 2.46. The highest BCUT2D eigenvalue weighted by atomic mass is 19.3. The summed E-state index contributed by atoms with van der Waals surface area (Å²) in [6.07, 6.45) is 5.47. The Kier molecular flexibility index (Phi) is 5.20. The molecule has 118 valence electrons. The van der Waals surface area contributed by atoms with Crippen molar-refractivity contribution in [2.24, 2.45) is 5.92 Å². The fraction of sp³-hybridized carbons (Fsp3) is 0.600. The molecule has 2 atom stereocenters. The lowest BCUT2D eigenvalue weighted by Gasteiger charge is -2.30. The number of nitrogen functional groups attached to an aromatic ring is 1. The van der Waals surface area contributed by atoms with E-state index < -0.39 is 18.2 Å². The van der Waals surface area contributed by atoms with Gasteiger partial charge in [-0.25, -0.2) is 4.39 Å². The van der Waals surface area contributed by atoms with Crippen LogP contribution in [0.5, 0.6) is 5.75 Å². The first kappa shape index (κ1) is 15.8. The van der Waals surface area contributed by atoms with Crippen molar-refractivity contribution in [2.75, 3.05) is 11.1 Å². The first-order chi connectivity index (χ1) is 9.99. The van der Waals surface area contributed by atoms with Crippen molar-refractivity contribution in [3.8, 4) is 5.75 Å². The molecule has 1 aliphatic carbocycles. The highest BCUT2D eigenvalue weighted by Gasteiger charge is 2.22. The highest BCUT2D eigenvalue weighted by molar-refractivity contribution is 5.69. The molecule has 0 radical (unpaired) electrons. The lowest BCUT2D eigenvalue weighted by atomic mass is 9.84. The zero-order chi connectivity index (χ0) is 15.4. The van der Waals surface area contributed by atoms with Gasteiger partial charge in [0.05, 0.1) is 11.4 Å². The Morgan fingerprint density at radius 3 is 2.81 bits per heavy atom. The van der Waals surface area contributed by atoms with Gasteiger partial charge in [-0.3, -0.25) is 0 Å². The second kappa shape index (κ2) is 6.91. The zero-order valence-corrected chi connectivity index (χ0v) is 12.0. The summed E-state index contributed by atoms with van der Waals surface area (Å²) < 4.78 is 42.2. The molecule has 0 amide bonds. The summed E-state index contributed by atoms with van der Waals surface area (Å²) in [6.45, 7) is -0.899. The number of benzene rings is 1. The second-order valence-electron chi connectivity index (χ2n) is 5.53. The van der Waals surface area contributed by atoms with Crippen LogP contribution >= 0.6 is 0 Å². The van der Waals surface area contributed by atoms with Crippen LogP contribution in [0.15, 0.2) is 12.1 Å². The molecule has 2 rings (SSSR count). The third-order valence-corrected chi connectivity index (χ3v) is 4.04. The molecule has 21 heavy (non-hydrogen) atoms. The third kappa shape index (κ3) is 4.19. The molecule has 1 fully saturated rings. The Bertz CT molecular complexity index is 482. The molecule has 0 saturated heterocycles. The summed E-state index contributed by atoms with van der Waals surface area (Å²) in [4.78, 5) is 0. The Hall–Kier alpha value is -1.59. The molecule has 0 heterocycles. The van der Waals surface area contributed by atoms with Crippen LogP contribution in [0, 0.1) is 11.7 Å². The van der Waals surface area contributed by atoms with Gasteiger partial charge in [0.1, 0.15) is 0 Å². The Morgan fingerprint density at radius 1 is 1.38 bits per heavy atom. The predicted molar refractivity (Wildman–Crippen MR) is 77.1 cm³/mol. The first-order valence-corrected chi connectivity index (χ1v) is 7.30. The normalized spacial score (nSPS) is 22.3. The van der Waals surface area contributed by atoms with E-state index >= 15 is 0 Å². The van der Waals surface area contributed by atoms with Gasteiger partial charge in [-0.15, -0.1) is 0 Å². The van der Waals surface area contributed by atoms with Gasteiger partial charge in [0, 0.05) is 18.2 Å². The molecule has 1 aliphatic rings. The maximum Gasteiger partial charge on any atom is 0.387 e. The van der Waals surface area contributed by atoms with Crippen molar-refractivity contribution < 1.29 is 17.9 Å². The minimum absolute atomic E-state index is 0.202. The molecular weight excluding hydrogens is 281 g/mol. The number of hydrogen-bond acceptors (Lipinski definition) is 3. The van der Waals surface area contributed by atoms with Crippen LogP contribution in [0.25, 0.3) is 0 Å². The molecule has 0 bridgehead atoms. The van der Waals surface area contributed by atoms with Gasteiger partial charge in [0.15, 0.2) is 11.6 Å². The molecule has 1 saturated carbocycles. The molecule has 0 aromatic heterocycles. The minimum atomic E-state index is -3.06. The number of nitrogens with one attached hydrogen (secondary N) is 1. The quantitative estimate of drug-likeness (QED) is 0.793.